The number of ether oxygens (including phenoxy) is 1. The molecule has 6 nitrogen and oxygen atoms in total. The number of aliphatic hydroxyl groups is 1. The molecule has 0 spiro atoms. The van der Waals surface area contributed by atoms with Crippen LogP contribution in [0.4, 0.5) is 4.39 Å². The summed E-state index contributed by atoms with van der Waals surface area (Å²) in [4.78, 5) is 30.3. The van der Waals surface area contributed by atoms with Gasteiger partial charge in [-0.3, -0.25) is 4.79 Å². The van der Waals surface area contributed by atoms with E-state index in [-0.39, 0.29) is 30.0 Å². The summed E-state index contributed by atoms with van der Waals surface area (Å²) in [6.07, 6.45) is 2.08. The molecule has 0 radical (unpaired) electrons. The van der Waals surface area contributed by atoms with Crippen molar-refractivity contribution >= 4 is 28.6 Å². The van der Waals surface area contributed by atoms with Crippen molar-refractivity contribution < 1.29 is 19.0 Å². The minimum absolute atomic E-state index is 0.0853. The van der Waals surface area contributed by atoms with Crippen molar-refractivity contribution in [3.05, 3.63) is 62.2 Å². The van der Waals surface area contributed by atoms with Gasteiger partial charge in [-0.15, -0.1) is 0 Å². The van der Waals surface area contributed by atoms with Crippen LogP contribution in [0.15, 0.2) is 23.0 Å². The summed E-state index contributed by atoms with van der Waals surface area (Å²) in [6.45, 7) is 3.57. The number of carbonyl (C=O) groups excluding carboxylic acids is 1. The first-order valence-corrected chi connectivity index (χ1v) is 11.5. The number of hydrogen-bond donors (Lipinski definition) is 1. The van der Waals surface area contributed by atoms with Crippen molar-refractivity contribution in [1.29, 1.82) is 0 Å². The van der Waals surface area contributed by atoms with E-state index in [1.165, 1.54) is 6.07 Å². The maximum Gasteiger partial charge on any atom is 0.343 e. The highest BCUT2D eigenvalue weighted by atomic mass is 32.2. The molecule has 4 heterocycles. The molecule has 0 saturated heterocycles. The molecule has 1 atom stereocenters. The van der Waals surface area contributed by atoms with Gasteiger partial charge < -0.3 is 14.4 Å². The highest BCUT2D eigenvalue weighted by Gasteiger charge is 2.45. The molecule has 5 rings (SSSR count). The van der Waals surface area contributed by atoms with Gasteiger partial charge in [-0.05, 0) is 42.9 Å². The highest BCUT2D eigenvalue weighted by Crippen LogP contribution is 2.41. The van der Waals surface area contributed by atoms with Crippen molar-refractivity contribution in [2.75, 3.05) is 6.26 Å². The van der Waals surface area contributed by atoms with E-state index in [1.54, 1.807) is 36.2 Å². The molecular weight excluding hydrogens is 419 g/mol. The zero-order valence-corrected chi connectivity index (χ0v) is 18.2. The van der Waals surface area contributed by atoms with Gasteiger partial charge in [0, 0.05) is 28.3 Å². The number of carbonyl (C=O) groups is 1. The number of pyridine rings is 2. The van der Waals surface area contributed by atoms with Crippen molar-refractivity contribution in [3.8, 4) is 11.4 Å². The molecule has 1 N–H and O–H groups in total. The number of halogens is 1. The average Bonchev–Trinajstić information content (AvgIpc) is 3.11. The van der Waals surface area contributed by atoms with Crippen LogP contribution in [0.1, 0.15) is 41.2 Å². The zero-order chi connectivity index (χ0) is 22.1. The second-order valence-corrected chi connectivity index (χ2v) is 8.94. The van der Waals surface area contributed by atoms with Gasteiger partial charge in [-0.25, -0.2) is 14.2 Å². The number of aryl methyl sites for hydroxylation is 1. The summed E-state index contributed by atoms with van der Waals surface area (Å²) < 4.78 is 21.0. The van der Waals surface area contributed by atoms with Gasteiger partial charge in [0.05, 0.1) is 29.0 Å². The molecule has 2 aliphatic heterocycles. The molecule has 3 aromatic rings. The van der Waals surface area contributed by atoms with Crippen molar-refractivity contribution in [2.24, 2.45) is 0 Å². The molecule has 1 aromatic carbocycles. The third-order valence-electron chi connectivity index (χ3n) is 6.37. The lowest BCUT2D eigenvalue weighted by Gasteiger charge is -2.31. The smallest absolute Gasteiger partial charge is 0.343 e. The first-order chi connectivity index (χ1) is 14.8. The Morgan fingerprint density at radius 2 is 2.06 bits per heavy atom. The van der Waals surface area contributed by atoms with Gasteiger partial charge in [0.25, 0.3) is 5.56 Å². The normalized spacial score (nSPS) is 19.2. The molecule has 0 bridgehead atoms. The predicted octanol–water partition coefficient (Wildman–Crippen LogP) is 3.39. The van der Waals surface area contributed by atoms with Crippen LogP contribution in [-0.4, -0.2) is 26.9 Å². The second kappa shape index (κ2) is 6.90. The van der Waals surface area contributed by atoms with Crippen molar-refractivity contribution in [3.63, 3.8) is 0 Å². The lowest BCUT2D eigenvalue weighted by Crippen LogP contribution is -2.44. The molecule has 31 heavy (non-hydrogen) atoms. The second-order valence-electron chi connectivity index (χ2n) is 8.07. The molecule has 0 aliphatic carbocycles. The number of cyclic esters (lactones) is 1. The van der Waals surface area contributed by atoms with E-state index < -0.39 is 11.6 Å². The number of nitrogens with zero attached hydrogens (tertiary/aromatic N) is 2. The van der Waals surface area contributed by atoms with Crippen molar-refractivity contribution in [2.45, 2.75) is 44.8 Å². The lowest BCUT2D eigenvalue weighted by molar-refractivity contribution is -0.172. The maximum atomic E-state index is 14.3. The highest BCUT2D eigenvalue weighted by molar-refractivity contribution is 7.97. The SMILES string of the molecule is CC[C@@]1(O)C(=O)OCc2c1cc1n(c2=O)Cc2c-1nc1cc(F)c(C)cc1c2CSC. The van der Waals surface area contributed by atoms with E-state index >= 15 is 0 Å². The summed E-state index contributed by atoms with van der Waals surface area (Å²) >= 11 is 1.64. The number of thioether (sulfide) groups is 1. The van der Waals surface area contributed by atoms with Crippen LogP contribution in [0.3, 0.4) is 0 Å². The molecule has 2 aliphatic rings. The van der Waals surface area contributed by atoms with Crippen LogP contribution >= 0.6 is 11.8 Å². The van der Waals surface area contributed by atoms with Gasteiger partial charge in [-0.1, -0.05) is 6.92 Å². The summed E-state index contributed by atoms with van der Waals surface area (Å²) in [5.41, 5.74) is 2.53. The number of hydrogen-bond acceptors (Lipinski definition) is 6. The van der Waals surface area contributed by atoms with Crippen LogP contribution in [-0.2, 0) is 34.0 Å². The Hall–Kier alpha value is -2.71. The average molecular weight is 440 g/mol. The topological polar surface area (TPSA) is 81.4 Å². The molecule has 0 saturated carbocycles. The number of aromatic nitrogens is 2. The Morgan fingerprint density at radius 3 is 2.77 bits per heavy atom. The Bertz CT molecular complexity index is 1350. The van der Waals surface area contributed by atoms with E-state index in [4.69, 9.17) is 9.72 Å². The van der Waals surface area contributed by atoms with Gasteiger partial charge in [0.2, 0.25) is 0 Å². The number of benzene rings is 1. The summed E-state index contributed by atoms with van der Waals surface area (Å²) in [7, 11) is 0. The third-order valence-corrected chi connectivity index (χ3v) is 6.95. The fourth-order valence-corrected chi connectivity index (χ4v) is 5.22. The molecule has 0 unspecified atom stereocenters. The standard InChI is InChI=1S/C23H21FN2O4S/c1-4-23(29)16-6-19-20-13(8-26(19)21(27)14(16)9-30-22(23)28)15(10-31-3)12-5-11(2)17(24)7-18(12)25-20/h5-7,29H,4,8-10H2,1-3H3/t23-/m0/s1. The molecule has 0 fully saturated rings. The predicted molar refractivity (Wildman–Crippen MR) is 116 cm³/mol. The Balaban J connectivity index is 1.84. The molecular formula is C23H21FN2O4S. The monoisotopic (exact) mass is 440 g/mol. The molecule has 8 heteroatoms. The van der Waals surface area contributed by atoms with Crippen LogP contribution in [0, 0.1) is 12.7 Å². The summed E-state index contributed by atoms with van der Waals surface area (Å²) in [5, 5.41) is 11.9. The maximum absolute atomic E-state index is 14.3. The van der Waals surface area contributed by atoms with Crippen LogP contribution in [0.5, 0.6) is 0 Å². The Labute approximate surface area is 182 Å². The van der Waals surface area contributed by atoms with E-state index in [1.807, 2.05) is 12.3 Å². The fourth-order valence-electron chi connectivity index (χ4n) is 4.60. The first kappa shape index (κ1) is 20.2. The summed E-state index contributed by atoms with van der Waals surface area (Å²) in [6, 6.07) is 4.91. The van der Waals surface area contributed by atoms with Gasteiger partial charge in [0.1, 0.15) is 12.4 Å². The minimum atomic E-state index is -1.87. The zero-order valence-electron chi connectivity index (χ0n) is 17.4. The van der Waals surface area contributed by atoms with Crippen molar-refractivity contribution in [1.82, 2.24) is 9.55 Å². The number of fused-ring (bicyclic) bond motifs is 5. The molecule has 2 aromatic heterocycles. The van der Waals surface area contributed by atoms with Gasteiger partial charge in [0.15, 0.2) is 5.60 Å². The van der Waals surface area contributed by atoms with E-state index in [0.717, 1.165) is 16.5 Å². The Kier molecular flexibility index (Phi) is 4.50. The van der Waals surface area contributed by atoms with Gasteiger partial charge in [-0.2, -0.15) is 11.8 Å². The minimum Gasteiger partial charge on any atom is -0.458 e. The van der Waals surface area contributed by atoms with E-state index in [9.17, 15) is 19.1 Å². The van der Waals surface area contributed by atoms with Gasteiger partial charge >= 0.3 is 5.97 Å². The lowest BCUT2D eigenvalue weighted by atomic mass is 9.86. The fraction of sp³-hybridized carbons (Fsp3) is 0.348. The summed E-state index contributed by atoms with van der Waals surface area (Å²) in [5.74, 6) is -0.397. The Morgan fingerprint density at radius 1 is 1.29 bits per heavy atom. The van der Waals surface area contributed by atoms with Crippen LogP contribution in [0.2, 0.25) is 0 Å². The third kappa shape index (κ3) is 2.71. The quantitative estimate of drug-likeness (QED) is 0.492. The van der Waals surface area contributed by atoms with Crippen LogP contribution < -0.4 is 5.56 Å². The number of esters is 1. The number of rotatable bonds is 3. The largest absolute Gasteiger partial charge is 0.458 e. The first-order valence-electron chi connectivity index (χ1n) is 10.1. The van der Waals surface area contributed by atoms with E-state index in [0.29, 0.717) is 40.3 Å². The molecule has 160 valence electrons. The van der Waals surface area contributed by atoms with E-state index in [2.05, 4.69) is 0 Å². The molecule has 0 amide bonds. The van der Waals surface area contributed by atoms with Crippen LogP contribution in [0.25, 0.3) is 22.3 Å².